The van der Waals surface area contributed by atoms with Crippen LogP contribution >= 0.6 is 46.4 Å². The third-order valence-electron chi connectivity index (χ3n) is 2.45. The summed E-state index contributed by atoms with van der Waals surface area (Å²) in [6.45, 7) is 1.93. The number of halogens is 4. The molecule has 0 unspecified atom stereocenters. The number of hydrogen-bond acceptors (Lipinski definition) is 2. The van der Waals surface area contributed by atoms with Crippen LogP contribution in [0.2, 0.25) is 20.4 Å². The van der Waals surface area contributed by atoms with Crippen LogP contribution in [0.15, 0.2) is 18.2 Å². The number of aromatic nitrogens is 2. The van der Waals surface area contributed by atoms with Gasteiger partial charge in [0.1, 0.15) is 10.3 Å². The highest BCUT2D eigenvalue weighted by Crippen LogP contribution is 2.34. The van der Waals surface area contributed by atoms with Crippen LogP contribution in [0.25, 0.3) is 11.4 Å². The second-order valence-corrected chi connectivity index (χ2v) is 5.09. The van der Waals surface area contributed by atoms with E-state index >= 15 is 0 Å². The quantitative estimate of drug-likeness (QED) is 0.699. The van der Waals surface area contributed by atoms with Crippen molar-refractivity contribution in [3.8, 4) is 11.4 Å². The average Bonchev–Trinajstić information content (AvgIpc) is 2.28. The summed E-state index contributed by atoms with van der Waals surface area (Å²) < 4.78 is 0. The SMILES string of the molecule is CCc1c(Cl)nc(-c2c(Cl)cccc2Cl)nc1Cl. The van der Waals surface area contributed by atoms with Crippen molar-refractivity contribution in [1.29, 1.82) is 0 Å². The van der Waals surface area contributed by atoms with Gasteiger partial charge in [-0.2, -0.15) is 0 Å². The van der Waals surface area contributed by atoms with Crippen molar-refractivity contribution < 1.29 is 0 Å². The molecule has 1 heterocycles. The molecule has 0 aliphatic heterocycles. The highest BCUT2D eigenvalue weighted by Gasteiger charge is 2.15. The smallest absolute Gasteiger partial charge is 0.165 e. The normalized spacial score (nSPS) is 10.7. The van der Waals surface area contributed by atoms with Crippen molar-refractivity contribution in [1.82, 2.24) is 9.97 Å². The van der Waals surface area contributed by atoms with Gasteiger partial charge in [0.25, 0.3) is 0 Å². The molecule has 6 heteroatoms. The Morgan fingerprint density at radius 3 is 1.89 bits per heavy atom. The average molecular weight is 322 g/mol. The topological polar surface area (TPSA) is 25.8 Å². The fourth-order valence-corrected chi connectivity index (χ4v) is 2.77. The Hall–Kier alpha value is -0.540. The zero-order valence-electron chi connectivity index (χ0n) is 9.35. The summed E-state index contributed by atoms with van der Waals surface area (Å²) >= 11 is 24.3. The molecule has 0 aliphatic rings. The van der Waals surface area contributed by atoms with Crippen molar-refractivity contribution in [3.05, 3.63) is 44.1 Å². The third kappa shape index (κ3) is 2.57. The largest absolute Gasteiger partial charge is 0.216 e. The molecule has 2 aromatic rings. The summed E-state index contributed by atoms with van der Waals surface area (Å²) in [7, 11) is 0. The van der Waals surface area contributed by atoms with E-state index in [1.165, 1.54) is 0 Å². The van der Waals surface area contributed by atoms with E-state index in [0.717, 1.165) is 0 Å². The van der Waals surface area contributed by atoms with Gasteiger partial charge in [-0.25, -0.2) is 9.97 Å². The summed E-state index contributed by atoms with van der Waals surface area (Å²) in [6, 6.07) is 5.17. The van der Waals surface area contributed by atoms with Gasteiger partial charge >= 0.3 is 0 Å². The molecule has 0 saturated carbocycles. The lowest BCUT2D eigenvalue weighted by atomic mass is 10.2. The Balaban J connectivity index is 2.66. The minimum absolute atomic E-state index is 0.323. The zero-order valence-corrected chi connectivity index (χ0v) is 12.4. The van der Waals surface area contributed by atoms with Gasteiger partial charge < -0.3 is 0 Å². The Labute approximate surface area is 125 Å². The lowest BCUT2D eigenvalue weighted by Crippen LogP contribution is -1.97. The van der Waals surface area contributed by atoms with E-state index in [-0.39, 0.29) is 0 Å². The van der Waals surface area contributed by atoms with E-state index in [4.69, 9.17) is 46.4 Å². The first kappa shape index (κ1) is 13.9. The van der Waals surface area contributed by atoms with E-state index in [1.807, 2.05) is 6.92 Å². The highest BCUT2D eigenvalue weighted by molar-refractivity contribution is 6.39. The molecule has 0 amide bonds. The molecule has 0 fully saturated rings. The first-order chi connectivity index (χ1) is 8.54. The first-order valence-electron chi connectivity index (χ1n) is 5.21. The number of nitrogens with zero attached hydrogens (tertiary/aromatic N) is 2. The predicted octanol–water partition coefficient (Wildman–Crippen LogP) is 5.32. The molecular formula is C12H8Cl4N2. The summed E-state index contributed by atoms with van der Waals surface area (Å²) in [5.41, 5.74) is 1.25. The van der Waals surface area contributed by atoms with Crippen LogP contribution in [0, 0.1) is 0 Å². The minimum Gasteiger partial charge on any atom is -0.216 e. The fraction of sp³-hybridized carbons (Fsp3) is 0.167. The molecule has 0 spiro atoms. The zero-order chi connectivity index (χ0) is 13.3. The lowest BCUT2D eigenvalue weighted by Gasteiger charge is -2.09. The monoisotopic (exact) mass is 320 g/mol. The summed E-state index contributed by atoms with van der Waals surface area (Å²) in [6.07, 6.45) is 0.661. The standard InChI is InChI=1S/C12H8Cl4N2/c1-2-6-10(15)17-12(18-11(6)16)9-7(13)4-3-5-8(9)14/h3-5H,2H2,1H3. The molecule has 2 rings (SSSR count). The van der Waals surface area contributed by atoms with Gasteiger partial charge in [-0.05, 0) is 18.6 Å². The van der Waals surface area contributed by atoms with Crippen LogP contribution in [0.1, 0.15) is 12.5 Å². The van der Waals surface area contributed by atoms with Gasteiger partial charge in [-0.1, -0.05) is 59.4 Å². The van der Waals surface area contributed by atoms with Gasteiger partial charge in [-0.15, -0.1) is 0 Å². The fourth-order valence-electron chi connectivity index (χ4n) is 1.55. The van der Waals surface area contributed by atoms with Gasteiger partial charge in [0.15, 0.2) is 5.82 Å². The summed E-state index contributed by atoms with van der Waals surface area (Å²) in [5.74, 6) is 0.331. The van der Waals surface area contributed by atoms with Crippen molar-refractivity contribution in [2.75, 3.05) is 0 Å². The molecule has 1 aromatic carbocycles. The summed E-state index contributed by atoms with van der Waals surface area (Å²) in [4.78, 5) is 8.40. The van der Waals surface area contributed by atoms with E-state index in [0.29, 0.717) is 43.7 Å². The molecule has 2 nitrogen and oxygen atoms in total. The van der Waals surface area contributed by atoms with E-state index in [9.17, 15) is 0 Å². The van der Waals surface area contributed by atoms with Gasteiger partial charge in [0.05, 0.1) is 15.6 Å². The van der Waals surface area contributed by atoms with Crippen LogP contribution in [-0.2, 0) is 6.42 Å². The molecule has 0 saturated heterocycles. The third-order valence-corrected chi connectivity index (χ3v) is 3.70. The Bertz CT molecular complexity index is 555. The maximum Gasteiger partial charge on any atom is 0.165 e. The molecule has 1 aromatic heterocycles. The van der Waals surface area contributed by atoms with Crippen molar-refractivity contribution >= 4 is 46.4 Å². The molecule has 0 radical (unpaired) electrons. The van der Waals surface area contributed by atoms with E-state index in [2.05, 4.69) is 9.97 Å². The van der Waals surface area contributed by atoms with Crippen LogP contribution in [0.4, 0.5) is 0 Å². The maximum atomic E-state index is 6.09. The lowest BCUT2D eigenvalue weighted by molar-refractivity contribution is 1.05. The van der Waals surface area contributed by atoms with Crippen LogP contribution in [0.3, 0.4) is 0 Å². The van der Waals surface area contributed by atoms with E-state index < -0.39 is 0 Å². The molecule has 0 bridgehead atoms. The second-order valence-electron chi connectivity index (χ2n) is 3.56. The van der Waals surface area contributed by atoms with Crippen LogP contribution in [-0.4, -0.2) is 9.97 Å². The Kier molecular flexibility index (Phi) is 4.33. The molecule has 0 atom stereocenters. The second kappa shape index (κ2) is 5.62. The first-order valence-corrected chi connectivity index (χ1v) is 6.72. The van der Waals surface area contributed by atoms with Crippen LogP contribution in [0.5, 0.6) is 0 Å². The van der Waals surface area contributed by atoms with Crippen molar-refractivity contribution in [3.63, 3.8) is 0 Å². The van der Waals surface area contributed by atoms with Crippen LogP contribution < -0.4 is 0 Å². The van der Waals surface area contributed by atoms with Gasteiger partial charge in [-0.3, -0.25) is 0 Å². The number of hydrogen-bond donors (Lipinski definition) is 0. The molecule has 94 valence electrons. The Morgan fingerprint density at radius 2 is 1.44 bits per heavy atom. The summed E-state index contributed by atoms with van der Waals surface area (Å²) in [5, 5.41) is 1.56. The van der Waals surface area contributed by atoms with Gasteiger partial charge in [0, 0.05) is 5.56 Å². The number of rotatable bonds is 2. The number of benzene rings is 1. The molecule has 0 N–H and O–H groups in total. The van der Waals surface area contributed by atoms with Crippen molar-refractivity contribution in [2.45, 2.75) is 13.3 Å². The highest BCUT2D eigenvalue weighted by atomic mass is 35.5. The molecular weight excluding hydrogens is 314 g/mol. The minimum atomic E-state index is 0.323. The van der Waals surface area contributed by atoms with E-state index in [1.54, 1.807) is 18.2 Å². The molecule has 0 aliphatic carbocycles. The van der Waals surface area contributed by atoms with Gasteiger partial charge in [0.2, 0.25) is 0 Å². The maximum absolute atomic E-state index is 6.09. The van der Waals surface area contributed by atoms with Crippen molar-refractivity contribution in [2.24, 2.45) is 0 Å². The molecule has 18 heavy (non-hydrogen) atoms. The predicted molar refractivity (Wildman–Crippen MR) is 76.9 cm³/mol. The Morgan fingerprint density at radius 1 is 0.944 bits per heavy atom.